The zero-order valence-electron chi connectivity index (χ0n) is 40.1. The molecule has 2 heterocycles. The first-order valence-corrected chi connectivity index (χ1v) is 26.2. The van der Waals surface area contributed by atoms with Crippen LogP contribution in [-0.4, -0.2) is 56.8 Å². The van der Waals surface area contributed by atoms with Crippen LogP contribution in [0.3, 0.4) is 0 Å². The minimum atomic E-state index is -0.480. The molecule has 1 aromatic heterocycles. The zero-order valence-corrected chi connectivity index (χ0v) is 43.3. The molecule has 0 bridgehead atoms. The van der Waals surface area contributed by atoms with Crippen molar-refractivity contribution in [3.05, 3.63) is 139 Å². The summed E-state index contributed by atoms with van der Waals surface area (Å²) >= 11 is 10.3. The van der Waals surface area contributed by atoms with Crippen LogP contribution in [0.15, 0.2) is 116 Å². The van der Waals surface area contributed by atoms with Crippen LogP contribution in [0, 0.1) is 41.6 Å². The van der Waals surface area contributed by atoms with Crippen molar-refractivity contribution in [1.82, 2.24) is 0 Å². The molecule has 8 rings (SSSR count). The second kappa shape index (κ2) is 24.1. The van der Waals surface area contributed by atoms with Crippen molar-refractivity contribution >= 4 is 93.8 Å². The summed E-state index contributed by atoms with van der Waals surface area (Å²) in [7, 11) is 4.60. The maximum absolute atomic E-state index is 13.6. The monoisotopic (exact) mass is 1070 g/mol. The Labute approximate surface area is 444 Å². The lowest BCUT2D eigenvalue weighted by Crippen LogP contribution is -2.30. The van der Waals surface area contributed by atoms with Gasteiger partial charge in [0, 0.05) is 24.4 Å². The second-order valence-electron chi connectivity index (χ2n) is 17.3. The Hall–Kier alpha value is -7.35. The fourth-order valence-corrected chi connectivity index (χ4v) is 12.0. The topological polar surface area (TPSA) is 189 Å². The highest BCUT2D eigenvalue weighted by molar-refractivity contribution is 8.24. The molecule has 4 aromatic carbocycles. The number of thiophene rings is 1. The summed E-state index contributed by atoms with van der Waals surface area (Å²) < 4.78 is 34.3. The van der Waals surface area contributed by atoms with Crippen molar-refractivity contribution in [3.63, 3.8) is 0 Å². The van der Waals surface area contributed by atoms with Crippen LogP contribution in [-0.2, 0) is 19.2 Å². The SMILES string of the molecule is [C-]#[N+]/C(C#N)=C1/Sc2c(OC)ccc(OC(=O)C3CCC(C(=O)Oc4ccc(N(C)C(=O)c5ccc(OC(=O)C6CCC(C(=O)Oc7ccc(OC)cc7/C=C/C(=O)c7cccs7)CC6)cc5Cl)cc4)CC3)c2S1. The van der Waals surface area contributed by atoms with Gasteiger partial charge in [-0.15, -0.1) is 11.3 Å². The number of methoxy groups -OCH3 is 2. The van der Waals surface area contributed by atoms with E-state index in [-0.39, 0.29) is 39.3 Å². The van der Waals surface area contributed by atoms with E-state index in [1.807, 2.05) is 11.4 Å². The molecule has 0 spiro atoms. The standard InChI is InChI=1S/C55H46ClN3O12S3/c1-58-42(30-57)55-73-48-45(67-4)25-26-46(49(48)74-55)71-54(65)34-13-7-31(8-14-34)51(62)68-37-18-16-36(17-19-37)59(2)50(61)40-22-20-39(29-41(40)56)69-52(63)32-9-11-33(12-10-32)53(64)70-44-24-21-38(66-3)28-35(44)15-23-43(60)47-6-5-27-72-47/h5-6,15-29,31-34H,7-14H2,2-4H3/b23-15+,55-42-. The number of fused-ring (bicyclic) bond motifs is 1. The lowest BCUT2D eigenvalue weighted by molar-refractivity contribution is -0.145. The van der Waals surface area contributed by atoms with Crippen LogP contribution in [0.4, 0.5) is 5.69 Å². The molecule has 15 nitrogen and oxygen atoms in total. The molecule has 0 saturated heterocycles. The van der Waals surface area contributed by atoms with Gasteiger partial charge in [0.05, 0.1) is 80.0 Å². The third-order valence-electron chi connectivity index (χ3n) is 12.8. The van der Waals surface area contributed by atoms with Crippen LogP contribution in [0.5, 0.6) is 34.5 Å². The van der Waals surface area contributed by atoms with Gasteiger partial charge in [-0.05, 0) is 142 Å². The second-order valence-corrected chi connectivity index (χ2v) is 21.0. The normalized spacial score (nSPS) is 18.7. The van der Waals surface area contributed by atoms with E-state index < -0.39 is 53.5 Å². The summed E-state index contributed by atoms with van der Waals surface area (Å²) in [6, 6.07) is 24.5. The van der Waals surface area contributed by atoms with Crippen LogP contribution < -0.4 is 33.3 Å². The number of carbonyl (C=O) groups is 6. The quantitative estimate of drug-likeness (QED) is 0.0240. The minimum Gasteiger partial charge on any atom is -0.497 e. The van der Waals surface area contributed by atoms with Crippen LogP contribution >= 0.6 is 46.5 Å². The molecule has 2 saturated carbocycles. The highest BCUT2D eigenvalue weighted by Gasteiger charge is 2.36. The maximum Gasteiger partial charge on any atom is 0.314 e. The predicted molar refractivity (Wildman–Crippen MR) is 279 cm³/mol. The molecule has 5 aromatic rings. The number of ether oxygens (including phenoxy) is 6. The van der Waals surface area contributed by atoms with Gasteiger partial charge in [0.25, 0.3) is 11.6 Å². The van der Waals surface area contributed by atoms with E-state index >= 15 is 0 Å². The van der Waals surface area contributed by atoms with Gasteiger partial charge in [0.15, 0.2) is 5.78 Å². The van der Waals surface area contributed by atoms with E-state index in [1.165, 1.54) is 78.3 Å². The predicted octanol–water partition coefficient (Wildman–Crippen LogP) is 12.0. The van der Waals surface area contributed by atoms with Gasteiger partial charge in [-0.3, -0.25) is 28.8 Å². The fraction of sp³-hybridized carbons (Fsp3) is 0.273. The molecule has 0 N–H and O–H groups in total. The number of allylic oxidation sites excluding steroid dienone is 2. The Morgan fingerprint density at radius 3 is 1.74 bits per heavy atom. The average Bonchev–Trinajstić information content (AvgIpc) is 4.13. The van der Waals surface area contributed by atoms with Crippen LogP contribution in [0.25, 0.3) is 10.9 Å². The van der Waals surface area contributed by atoms with Gasteiger partial charge in [-0.2, -0.15) is 0 Å². The minimum absolute atomic E-state index is 0.0540. The van der Waals surface area contributed by atoms with Gasteiger partial charge in [-0.1, -0.05) is 41.2 Å². The highest BCUT2D eigenvalue weighted by Crippen LogP contribution is 2.59. The Kier molecular flexibility index (Phi) is 17.3. The molecule has 0 atom stereocenters. The number of halogens is 1. The molecule has 2 fully saturated rings. The third-order valence-corrected chi connectivity index (χ3v) is 16.6. The molecule has 1 aliphatic heterocycles. The molecule has 378 valence electrons. The summed E-state index contributed by atoms with van der Waals surface area (Å²) in [6.45, 7) is 7.33. The maximum atomic E-state index is 13.6. The molecule has 74 heavy (non-hydrogen) atoms. The highest BCUT2D eigenvalue weighted by atomic mass is 35.5. The molecule has 2 aliphatic carbocycles. The Morgan fingerprint density at radius 2 is 1.20 bits per heavy atom. The van der Waals surface area contributed by atoms with E-state index in [9.17, 15) is 34.0 Å². The number of amides is 1. The number of anilines is 1. The van der Waals surface area contributed by atoms with Gasteiger partial charge in [0.2, 0.25) is 0 Å². The molecule has 3 aliphatic rings. The molecular formula is C55H46ClN3O12S3. The summed E-state index contributed by atoms with van der Waals surface area (Å²) in [5, 5.41) is 11.3. The van der Waals surface area contributed by atoms with Crippen molar-refractivity contribution < 1.29 is 57.2 Å². The average molecular weight is 1070 g/mol. The van der Waals surface area contributed by atoms with Crippen molar-refractivity contribution in [3.8, 4) is 40.6 Å². The van der Waals surface area contributed by atoms with E-state index in [2.05, 4.69) is 4.85 Å². The summed E-state index contributed by atoms with van der Waals surface area (Å²) in [5.74, 6) is -2.10. The van der Waals surface area contributed by atoms with Crippen molar-refractivity contribution in [2.75, 3.05) is 26.2 Å². The number of ketones is 1. The number of nitriles is 1. The number of rotatable bonds is 15. The number of esters is 4. The van der Waals surface area contributed by atoms with E-state index in [0.29, 0.717) is 98.8 Å². The third kappa shape index (κ3) is 12.3. The number of nitrogens with zero attached hydrogens (tertiary/aromatic N) is 3. The lowest BCUT2D eigenvalue weighted by atomic mass is 9.82. The van der Waals surface area contributed by atoms with Crippen molar-refractivity contribution in [1.29, 1.82) is 5.26 Å². The first kappa shape index (κ1) is 53.0. The summed E-state index contributed by atoms with van der Waals surface area (Å²) in [4.78, 5) is 85.9. The molecule has 0 radical (unpaired) electrons. The lowest BCUT2D eigenvalue weighted by Gasteiger charge is -2.26. The number of thioether (sulfide) groups is 2. The van der Waals surface area contributed by atoms with Crippen molar-refractivity contribution in [2.45, 2.75) is 61.2 Å². The fourth-order valence-electron chi connectivity index (χ4n) is 8.60. The number of carbonyl (C=O) groups excluding carboxylic acids is 6. The molecule has 0 unspecified atom stereocenters. The largest absolute Gasteiger partial charge is 0.497 e. The Balaban J connectivity index is 0.781. The Morgan fingerprint density at radius 1 is 0.676 bits per heavy atom. The van der Waals surface area contributed by atoms with Gasteiger partial charge in [0.1, 0.15) is 34.5 Å². The van der Waals surface area contributed by atoms with E-state index in [1.54, 1.807) is 79.9 Å². The smallest absolute Gasteiger partial charge is 0.314 e. The summed E-state index contributed by atoms with van der Waals surface area (Å²) in [5.41, 5.74) is 1.10. The Bertz CT molecular complexity index is 3130. The van der Waals surface area contributed by atoms with Crippen LogP contribution in [0.1, 0.15) is 77.0 Å². The van der Waals surface area contributed by atoms with Crippen LogP contribution in [0.2, 0.25) is 5.02 Å². The van der Waals surface area contributed by atoms with Gasteiger partial charge in [-0.25, -0.2) is 10.1 Å². The van der Waals surface area contributed by atoms with E-state index in [4.69, 9.17) is 46.6 Å². The number of benzene rings is 4. The summed E-state index contributed by atoms with van der Waals surface area (Å²) in [6.07, 6.45) is 6.25. The molecule has 19 heteroatoms. The van der Waals surface area contributed by atoms with Gasteiger partial charge < -0.3 is 33.3 Å². The van der Waals surface area contributed by atoms with Crippen molar-refractivity contribution in [2.24, 2.45) is 23.7 Å². The number of hydrogen-bond donors (Lipinski definition) is 0. The first-order chi connectivity index (χ1) is 35.8. The zero-order chi connectivity index (χ0) is 52.5. The molecular weight excluding hydrogens is 1030 g/mol. The van der Waals surface area contributed by atoms with E-state index in [0.717, 1.165) is 0 Å². The van der Waals surface area contributed by atoms with Gasteiger partial charge >= 0.3 is 23.9 Å². The molecule has 1 amide bonds. The first-order valence-electron chi connectivity index (χ1n) is 23.3. The number of hydrogen-bond acceptors (Lipinski definition) is 16.